The van der Waals surface area contributed by atoms with Crippen LogP contribution < -0.4 is 11.1 Å². The van der Waals surface area contributed by atoms with E-state index in [-0.39, 0.29) is 5.69 Å². The molecule has 0 aliphatic rings. The summed E-state index contributed by atoms with van der Waals surface area (Å²) in [4.78, 5) is 25.0. The minimum Gasteiger partial charge on any atom is -0.366 e. The molecule has 0 saturated heterocycles. The van der Waals surface area contributed by atoms with Crippen LogP contribution in [-0.4, -0.2) is 15.8 Å². The molecule has 7 heteroatoms. The lowest BCUT2D eigenvalue weighted by Gasteiger charge is -2.05. The van der Waals surface area contributed by atoms with Gasteiger partial charge in [0.05, 0.1) is 10.5 Å². The third-order valence-electron chi connectivity index (χ3n) is 2.67. The molecule has 1 aromatic carbocycles. The fourth-order valence-corrected chi connectivity index (χ4v) is 1.57. The number of hydrogen-bond donors (Lipinski definition) is 2. The van der Waals surface area contributed by atoms with E-state index in [1.165, 1.54) is 18.3 Å². The second-order valence-corrected chi connectivity index (χ2v) is 4.07. The van der Waals surface area contributed by atoms with Crippen molar-refractivity contribution in [3.63, 3.8) is 0 Å². The van der Waals surface area contributed by atoms with Gasteiger partial charge in [0.15, 0.2) is 0 Å². The van der Waals surface area contributed by atoms with Gasteiger partial charge in [-0.1, -0.05) is 12.1 Å². The number of benzene rings is 1. The van der Waals surface area contributed by atoms with Crippen molar-refractivity contribution in [2.45, 2.75) is 6.54 Å². The van der Waals surface area contributed by atoms with Crippen LogP contribution in [0.2, 0.25) is 0 Å². The predicted molar refractivity (Wildman–Crippen MR) is 73.2 cm³/mol. The first-order valence-electron chi connectivity index (χ1n) is 5.79. The molecule has 0 atom stereocenters. The number of nitro benzene ring substituents is 1. The van der Waals surface area contributed by atoms with Gasteiger partial charge < -0.3 is 11.1 Å². The molecular weight excluding hydrogens is 260 g/mol. The number of non-ortho nitro benzene ring substituents is 1. The quantitative estimate of drug-likeness (QED) is 0.635. The summed E-state index contributed by atoms with van der Waals surface area (Å²) in [6.07, 6.45) is 1.39. The highest BCUT2D eigenvalue weighted by Crippen LogP contribution is 2.13. The van der Waals surface area contributed by atoms with E-state index in [1.807, 2.05) is 0 Å². The van der Waals surface area contributed by atoms with E-state index in [0.29, 0.717) is 17.9 Å². The number of amides is 1. The zero-order valence-electron chi connectivity index (χ0n) is 10.4. The van der Waals surface area contributed by atoms with E-state index >= 15 is 0 Å². The van der Waals surface area contributed by atoms with Crippen LogP contribution in [0.5, 0.6) is 0 Å². The number of nitrogens with zero attached hydrogens (tertiary/aromatic N) is 2. The number of carbonyl (C=O) groups excluding carboxylic acids is 1. The predicted octanol–water partition coefficient (Wildman–Crippen LogP) is 1.70. The molecule has 20 heavy (non-hydrogen) atoms. The van der Waals surface area contributed by atoms with Crippen LogP contribution >= 0.6 is 0 Å². The zero-order valence-corrected chi connectivity index (χ0v) is 10.4. The van der Waals surface area contributed by atoms with E-state index in [1.54, 1.807) is 24.3 Å². The van der Waals surface area contributed by atoms with Crippen LogP contribution in [0.3, 0.4) is 0 Å². The molecule has 7 nitrogen and oxygen atoms in total. The molecule has 1 aromatic heterocycles. The molecule has 2 aromatic rings. The highest BCUT2D eigenvalue weighted by atomic mass is 16.6. The molecule has 0 saturated carbocycles. The Hall–Kier alpha value is -2.96. The van der Waals surface area contributed by atoms with Crippen LogP contribution in [0.25, 0.3) is 0 Å². The summed E-state index contributed by atoms with van der Waals surface area (Å²) in [5.74, 6) is 0.0628. The van der Waals surface area contributed by atoms with Crippen molar-refractivity contribution in [2.24, 2.45) is 5.73 Å². The average molecular weight is 272 g/mol. The standard InChI is InChI=1S/C13H12N4O3/c14-13(18)10-3-6-12(16-8-10)15-7-9-1-4-11(5-2-9)17(19)20/h1-6,8H,7H2,(H2,14,18)(H,15,16). The molecule has 3 N–H and O–H groups in total. The van der Waals surface area contributed by atoms with Crippen LogP contribution in [0.4, 0.5) is 11.5 Å². The number of nitrogens with one attached hydrogen (secondary N) is 1. The van der Waals surface area contributed by atoms with Crippen LogP contribution in [0.1, 0.15) is 15.9 Å². The maximum atomic E-state index is 10.9. The first-order chi connectivity index (χ1) is 9.56. The van der Waals surface area contributed by atoms with Gasteiger partial charge in [-0.15, -0.1) is 0 Å². The summed E-state index contributed by atoms with van der Waals surface area (Å²) < 4.78 is 0. The Morgan fingerprint density at radius 2 is 1.95 bits per heavy atom. The molecule has 0 bridgehead atoms. The van der Waals surface area contributed by atoms with E-state index in [2.05, 4.69) is 10.3 Å². The molecule has 0 aliphatic carbocycles. The summed E-state index contributed by atoms with van der Waals surface area (Å²) in [5.41, 5.74) is 6.39. The second kappa shape index (κ2) is 5.79. The lowest BCUT2D eigenvalue weighted by molar-refractivity contribution is -0.384. The van der Waals surface area contributed by atoms with Crippen molar-refractivity contribution in [1.82, 2.24) is 4.98 Å². The van der Waals surface area contributed by atoms with Gasteiger partial charge >= 0.3 is 0 Å². The molecule has 1 heterocycles. The van der Waals surface area contributed by atoms with E-state index in [4.69, 9.17) is 5.73 Å². The normalized spacial score (nSPS) is 10.0. The third kappa shape index (κ3) is 3.29. The molecular formula is C13H12N4O3. The average Bonchev–Trinajstić information content (AvgIpc) is 2.46. The van der Waals surface area contributed by atoms with Gasteiger partial charge in [0, 0.05) is 24.9 Å². The van der Waals surface area contributed by atoms with Crippen LogP contribution in [0, 0.1) is 10.1 Å². The minimum absolute atomic E-state index is 0.0534. The topological polar surface area (TPSA) is 111 Å². The van der Waals surface area contributed by atoms with E-state index in [0.717, 1.165) is 5.56 Å². The molecule has 2 rings (SSSR count). The minimum atomic E-state index is -0.528. The van der Waals surface area contributed by atoms with Crippen molar-refractivity contribution in [3.05, 3.63) is 63.8 Å². The molecule has 0 unspecified atom stereocenters. The SMILES string of the molecule is NC(=O)c1ccc(NCc2ccc([N+](=O)[O-])cc2)nc1. The molecule has 0 spiro atoms. The summed E-state index contributed by atoms with van der Waals surface area (Å²) >= 11 is 0. The Kier molecular flexibility index (Phi) is 3.90. The third-order valence-corrected chi connectivity index (χ3v) is 2.67. The summed E-state index contributed by atoms with van der Waals surface area (Å²) in [5, 5.41) is 13.6. The highest BCUT2D eigenvalue weighted by molar-refractivity contribution is 5.92. The first kappa shape index (κ1) is 13.5. The number of rotatable bonds is 5. The Balaban J connectivity index is 1.97. The molecule has 0 radical (unpaired) electrons. The maximum Gasteiger partial charge on any atom is 0.269 e. The van der Waals surface area contributed by atoms with Crippen molar-refractivity contribution < 1.29 is 9.72 Å². The zero-order chi connectivity index (χ0) is 14.5. The molecule has 0 fully saturated rings. The van der Waals surface area contributed by atoms with Gasteiger partial charge in [-0.3, -0.25) is 14.9 Å². The highest BCUT2D eigenvalue weighted by Gasteiger charge is 2.04. The monoisotopic (exact) mass is 272 g/mol. The number of aromatic nitrogens is 1. The number of pyridine rings is 1. The maximum absolute atomic E-state index is 10.9. The number of primary amides is 1. The Morgan fingerprint density at radius 1 is 1.25 bits per heavy atom. The van der Waals surface area contributed by atoms with Crippen LogP contribution in [-0.2, 0) is 6.54 Å². The van der Waals surface area contributed by atoms with Gasteiger partial charge in [-0.05, 0) is 17.7 Å². The largest absolute Gasteiger partial charge is 0.366 e. The van der Waals surface area contributed by atoms with Gasteiger partial charge in [-0.25, -0.2) is 4.98 Å². The first-order valence-corrected chi connectivity index (χ1v) is 5.79. The van der Waals surface area contributed by atoms with E-state index in [9.17, 15) is 14.9 Å². The number of carbonyl (C=O) groups is 1. The van der Waals surface area contributed by atoms with Crippen molar-refractivity contribution in [3.8, 4) is 0 Å². The number of anilines is 1. The number of hydrogen-bond acceptors (Lipinski definition) is 5. The van der Waals surface area contributed by atoms with Crippen LogP contribution in [0.15, 0.2) is 42.6 Å². The molecule has 0 aliphatic heterocycles. The van der Waals surface area contributed by atoms with Crippen molar-refractivity contribution in [1.29, 1.82) is 0 Å². The van der Waals surface area contributed by atoms with Crippen molar-refractivity contribution >= 4 is 17.4 Å². The van der Waals surface area contributed by atoms with Gasteiger partial charge in [0.2, 0.25) is 5.91 Å². The van der Waals surface area contributed by atoms with Gasteiger partial charge in [0.1, 0.15) is 5.82 Å². The lowest BCUT2D eigenvalue weighted by Crippen LogP contribution is -2.11. The molecule has 1 amide bonds. The molecule has 102 valence electrons. The van der Waals surface area contributed by atoms with Gasteiger partial charge in [-0.2, -0.15) is 0 Å². The number of nitrogens with two attached hydrogens (primary N) is 1. The Labute approximate surface area is 114 Å². The Bertz CT molecular complexity index is 566. The summed E-state index contributed by atoms with van der Waals surface area (Å²) in [7, 11) is 0. The fourth-order valence-electron chi connectivity index (χ4n) is 1.57. The smallest absolute Gasteiger partial charge is 0.269 e. The van der Waals surface area contributed by atoms with E-state index < -0.39 is 10.8 Å². The Morgan fingerprint density at radius 3 is 2.45 bits per heavy atom. The second-order valence-electron chi connectivity index (χ2n) is 4.07. The summed E-state index contributed by atoms with van der Waals surface area (Å²) in [6, 6.07) is 9.45. The van der Waals surface area contributed by atoms with Crippen molar-refractivity contribution in [2.75, 3.05) is 5.32 Å². The fraction of sp³-hybridized carbons (Fsp3) is 0.0769. The van der Waals surface area contributed by atoms with Gasteiger partial charge in [0.25, 0.3) is 5.69 Å². The lowest BCUT2D eigenvalue weighted by atomic mass is 10.2. The summed E-state index contributed by atoms with van der Waals surface area (Å²) in [6.45, 7) is 0.473. The number of nitro groups is 1.